The molecule has 1 amide bonds. The van der Waals surface area contributed by atoms with E-state index in [1.54, 1.807) is 38.7 Å². The molecule has 2 N–H and O–H groups in total. The second-order valence-electron chi connectivity index (χ2n) is 11.4. The number of thioether (sulfide) groups is 1. The molecule has 4 aliphatic rings. The number of aliphatic imine (C=N–C) groups is 1. The van der Waals surface area contributed by atoms with Crippen molar-refractivity contribution in [3.63, 3.8) is 0 Å². The van der Waals surface area contributed by atoms with E-state index < -0.39 is 29.5 Å². The summed E-state index contributed by atoms with van der Waals surface area (Å²) in [5.41, 5.74) is 6.61. The quantitative estimate of drug-likeness (QED) is 0.540. The molecular weight excluding hydrogens is 514 g/mol. The lowest BCUT2D eigenvalue weighted by atomic mass is 9.95. The molecule has 5 heterocycles. The summed E-state index contributed by atoms with van der Waals surface area (Å²) < 4.78 is 29.6. The van der Waals surface area contributed by atoms with Crippen LogP contribution in [0.15, 0.2) is 11.3 Å². The number of nitrogen functional groups attached to an aromatic ring is 1. The number of anilines is 1. The molecule has 5 rings (SSSR count). The zero-order valence-electron chi connectivity index (χ0n) is 22.4. The number of esters is 1. The third-order valence-electron chi connectivity index (χ3n) is 6.96. The number of nitrogens with two attached hydrogens (primary N) is 1. The van der Waals surface area contributed by atoms with Crippen LogP contribution < -0.4 is 5.73 Å². The normalized spacial score (nSPS) is 33.3. The van der Waals surface area contributed by atoms with E-state index >= 15 is 0 Å². The predicted molar refractivity (Wildman–Crippen MR) is 139 cm³/mol. The van der Waals surface area contributed by atoms with E-state index in [1.807, 2.05) is 13.8 Å². The van der Waals surface area contributed by atoms with Gasteiger partial charge in [0.05, 0.1) is 24.8 Å². The zero-order valence-corrected chi connectivity index (χ0v) is 23.3. The van der Waals surface area contributed by atoms with Crippen molar-refractivity contribution < 1.29 is 33.3 Å². The van der Waals surface area contributed by atoms with E-state index in [9.17, 15) is 9.59 Å². The van der Waals surface area contributed by atoms with Crippen LogP contribution in [0.1, 0.15) is 52.7 Å². The summed E-state index contributed by atoms with van der Waals surface area (Å²) in [7, 11) is 1.32. The van der Waals surface area contributed by atoms with Crippen LogP contribution in [0.4, 0.5) is 16.3 Å². The second kappa shape index (κ2) is 9.92. The van der Waals surface area contributed by atoms with Gasteiger partial charge >= 0.3 is 12.1 Å². The maximum Gasteiger partial charge on any atom is 0.411 e. The van der Waals surface area contributed by atoms with Gasteiger partial charge in [-0.3, -0.25) is 9.89 Å². The molecule has 0 saturated carbocycles. The number of aromatic nitrogens is 2. The van der Waals surface area contributed by atoms with Crippen molar-refractivity contribution in [2.45, 2.75) is 94.1 Å². The van der Waals surface area contributed by atoms with Gasteiger partial charge in [-0.2, -0.15) is 11.8 Å². The van der Waals surface area contributed by atoms with E-state index in [2.05, 4.69) is 15.0 Å². The van der Waals surface area contributed by atoms with Crippen molar-refractivity contribution in [3.05, 3.63) is 12.0 Å². The van der Waals surface area contributed by atoms with Gasteiger partial charge in [-0.15, -0.1) is 0 Å². The van der Waals surface area contributed by atoms with Gasteiger partial charge in [0.15, 0.2) is 11.6 Å². The fourth-order valence-corrected chi connectivity index (χ4v) is 6.73. The number of nitrogens with zero attached hydrogens (tertiary/aromatic N) is 4. The Kier molecular flexibility index (Phi) is 7.08. The predicted octanol–water partition coefficient (Wildman–Crippen LogP) is 2.43. The van der Waals surface area contributed by atoms with Crippen LogP contribution in [0.3, 0.4) is 0 Å². The number of carbonyl (C=O) groups excluding carboxylic acids is 2. The molecule has 0 bridgehead atoms. The number of ether oxygens (including phenoxy) is 5. The SMILES string of the molecule is COC(=O)[C@@H]1C[C@H](SC[C@H]2O[C@@H](C3C=Nc4c(N)ncnc43)[C@@H]3OC(C)(C)O[C@@H]32)CN1C(=O)OC(C)(C)C. The molecule has 7 atom stereocenters. The fourth-order valence-electron chi connectivity index (χ4n) is 5.42. The first-order chi connectivity index (χ1) is 17.9. The Morgan fingerprint density at radius 3 is 2.66 bits per heavy atom. The monoisotopic (exact) mass is 549 g/mol. The number of rotatable bonds is 5. The molecule has 38 heavy (non-hydrogen) atoms. The highest BCUT2D eigenvalue weighted by atomic mass is 32.2. The topological polar surface area (TPSA) is 148 Å². The highest BCUT2D eigenvalue weighted by molar-refractivity contribution is 8.00. The molecule has 4 aliphatic heterocycles. The van der Waals surface area contributed by atoms with Crippen LogP contribution in [-0.2, 0) is 28.5 Å². The average Bonchev–Trinajstić information content (AvgIpc) is 3.58. The van der Waals surface area contributed by atoms with Crippen molar-refractivity contribution in [1.82, 2.24) is 14.9 Å². The minimum atomic E-state index is -0.763. The second-order valence-corrected chi connectivity index (χ2v) is 12.7. The van der Waals surface area contributed by atoms with Crippen molar-refractivity contribution >= 4 is 41.5 Å². The van der Waals surface area contributed by atoms with Gasteiger partial charge in [0.2, 0.25) is 0 Å². The Balaban J connectivity index is 1.28. The molecule has 0 aliphatic carbocycles. The van der Waals surface area contributed by atoms with Crippen LogP contribution in [0.2, 0.25) is 0 Å². The maximum absolute atomic E-state index is 12.8. The van der Waals surface area contributed by atoms with Gasteiger partial charge in [0.1, 0.15) is 42.0 Å². The van der Waals surface area contributed by atoms with Crippen molar-refractivity contribution in [2.24, 2.45) is 4.99 Å². The Morgan fingerprint density at radius 2 is 1.95 bits per heavy atom. The summed E-state index contributed by atoms with van der Waals surface area (Å²) in [6.45, 7) is 9.53. The minimum absolute atomic E-state index is 0.00985. The van der Waals surface area contributed by atoms with E-state index in [1.165, 1.54) is 18.3 Å². The summed E-state index contributed by atoms with van der Waals surface area (Å²) in [6.07, 6.45) is 1.90. The first-order valence-corrected chi connectivity index (χ1v) is 13.8. The molecule has 13 heteroatoms. The third-order valence-corrected chi connectivity index (χ3v) is 8.29. The Morgan fingerprint density at radius 1 is 1.21 bits per heavy atom. The van der Waals surface area contributed by atoms with Crippen molar-refractivity contribution in [2.75, 3.05) is 25.1 Å². The molecule has 1 aromatic heterocycles. The smallest absolute Gasteiger partial charge is 0.411 e. The lowest BCUT2D eigenvalue weighted by molar-refractivity contribution is -0.185. The number of fused-ring (bicyclic) bond motifs is 2. The Bertz CT molecular complexity index is 1130. The van der Waals surface area contributed by atoms with Gasteiger partial charge in [0.25, 0.3) is 0 Å². The number of carbonyl (C=O) groups is 2. The number of methoxy groups -OCH3 is 1. The van der Waals surface area contributed by atoms with E-state index in [-0.39, 0.29) is 35.6 Å². The van der Waals surface area contributed by atoms with Gasteiger partial charge in [-0.25, -0.2) is 19.6 Å². The van der Waals surface area contributed by atoms with Crippen LogP contribution in [0.5, 0.6) is 0 Å². The lowest BCUT2D eigenvalue weighted by Crippen LogP contribution is -2.43. The van der Waals surface area contributed by atoms with Gasteiger partial charge in [-0.05, 0) is 41.0 Å². The average molecular weight is 550 g/mol. The molecule has 3 saturated heterocycles. The molecule has 0 spiro atoms. The van der Waals surface area contributed by atoms with Crippen LogP contribution >= 0.6 is 11.8 Å². The lowest BCUT2D eigenvalue weighted by Gasteiger charge is -2.27. The molecule has 0 aromatic carbocycles. The largest absolute Gasteiger partial charge is 0.467 e. The molecule has 1 unspecified atom stereocenters. The molecule has 1 aromatic rings. The first-order valence-electron chi connectivity index (χ1n) is 12.7. The summed E-state index contributed by atoms with van der Waals surface area (Å²) in [6, 6.07) is -0.696. The number of amides is 1. The van der Waals surface area contributed by atoms with E-state index in [4.69, 9.17) is 29.4 Å². The fraction of sp³-hybridized carbons (Fsp3) is 0.720. The maximum atomic E-state index is 12.8. The zero-order chi connectivity index (χ0) is 27.4. The summed E-state index contributed by atoms with van der Waals surface area (Å²) in [4.78, 5) is 39.7. The Labute approximate surface area is 226 Å². The van der Waals surface area contributed by atoms with Gasteiger partial charge < -0.3 is 29.4 Å². The molecular formula is C25H35N5O7S. The highest BCUT2D eigenvalue weighted by Gasteiger charge is 2.58. The summed E-state index contributed by atoms with van der Waals surface area (Å²) >= 11 is 1.64. The molecule has 3 fully saturated rings. The molecule has 12 nitrogen and oxygen atoms in total. The molecule has 0 radical (unpaired) electrons. The van der Waals surface area contributed by atoms with E-state index in [0.29, 0.717) is 35.9 Å². The minimum Gasteiger partial charge on any atom is -0.467 e. The van der Waals surface area contributed by atoms with Crippen molar-refractivity contribution in [3.8, 4) is 0 Å². The van der Waals surface area contributed by atoms with Gasteiger partial charge in [0, 0.05) is 23.8 Å². The van der Waals surface area contributed by atoms with Crippen LogP contribution in [0.25, 0.3) is 0 Å². The van der Waals surface area contributed by atoms with Crippen molar-refractivity contribution in [1.29, 1.82) is 0 Å². The Hall–Kier alpha value is -2.48. The van der Waals surface area contributed by atoms with Gasteiger partial charge in [-0.1, -0.05) is 0 Å². The molecule has 208 valence electrons. The summed E-state index contributed by atoms with van der Waals surface area (Å²) in [5, 5.41) is -0.00985. The number of hydrogen-bond acceptors (Lipinski definition) is 12. The standard InChI is InChI=1S/C25H35N5O7S/c1-24(2,3)37-23(32)30-9-12(7-14(30)22(31)33-6)38-10-15-19-20(36-25(4,5)35-19)18(34-15)13-8-27-17-16(13)28-11-29-21(17)26/h8,11-15,18-20H,7,9-10H2,1-6H3,(H2,26,28,29)/t12-,13?,14-,15+,18-,19+,20-/m0/s1. The number of likely N-dealkylation sites (tertiary alicyclic amines) is 1. The third kappa shape index (κ3) is 5.21. The number of hydrogen-bond donors (Lipinski definition) is 1. The van der Waals surface area contributed by atoms with E-state index in [0.717, 1.165) is 0 Å². The van der Waals surface area contributed by atoms with Crippen LogP contribution in [-0.4, -0.2) is 99.6 Å². The first kappa shape index (κ1) is 27.1. The summed E-state index contributed by atoms with van der Waals surface area (Å²) in [5.74, 6) is -0.546. The van der Waals surface area contributed by atoms with Crippen LogP contribution in [0, 0.1) is 0 Å². The highest BCUT2D eigenvalue weighted by Crippen LogP contribution is 2.47.